The lowest BCUT2D eigenvalue weighted by molar-refractivity contribution is 0.446. The zero-order valence-electron chi connectivity index (χ0n) is 16.7. The molecular formula is C22H28N4O2S. The minimum Gasteiger partial charge on any atom is -0.307 e. The van der Waals surface area contributed by atoms with Gasteiger partial charge in [-0.15, -0.1) is 0 Å². The van der Waals surface area contributed by atoms with Gasteiger partial charge in [-0.25, -0.2) is 13.4 Å². The molecule has 2 N–H and O–H groups in total. The topological polar surface area (TPSA) is 87.7 Å². The van der Waals surface area contributed by atoms with E-state index in [1.807, 2.05) is 12.1 Å². The molecule has 0 fully saturated rings. The summed E-state index contributed by atoms with van der Waals surface area (Å²) in [6.07, 6.45) is 5.22. The van der Waals surface area contributed by atoms with Crippen molar-refractivity contribution >= 4 is 9.84 Å². The molecule has 0 saturated heterocycles. The maximum Gasteiger partial charge on any atom is 0.164 e. The van der Waals surface area contributed by atoms with Crippen molar-refractivity contribution in [2.45, 2.75) is 44.0 Å². The molecule has 6 nitrogen and oxygen atoms in total. The Hall–Kier alpha value is -2.51. The average molecular weight is 413 g/mol. The number of hydrogen-bond acceptors (Lipinski definition) is 5. The molecule has 0 aliphatic rings. The molecule has 7 heteroatoms. The Morgan fingerprint density at radius 3 is 2.00 bits per heavy atom. The van der Waals surface area contributed by atoms with E-state index in [1.54, 1.807) is 0 Å². The molecule has 3 rings (SSSR count). The number of sulfone groups is 1. The summed E-state index contributed by atoms with van der Waals surface area (Å²) in [4.78, 5) is 4.30. The number of hydrogen-bond donors (Lipinski definition) is 2. The van der Waals surface area contributed by atoms with E-state index in [1.165, 1.54) is 17.4 Å². The Bertz CT molecular complexity index is 929. The number of aromatic amines is 1. The second-order valence-corrected chi connectivity index (χ2v) is 9.53. The van der Waals surface area contributed by atoms with Crippen LogP contribution in [0.3, 0.4) is 0 Å². The summed E-state index contributed by atoms with van der Waals surface area (Å²) in [6.45, 7) is 0.508. The van der Waals surface area contributed by atoms with Gasteiger partial charge in [-0.1, -0.05) is 60.7 Å². The summed E-state index contributed by atoms with van der Waals surface area (Å²) < 4.78 is 22.8. The van der Waals surface area contributed by atoms with E-state index in [-0.39, 0.29) is 5.75 Å². The molecule has 0 saturated carbocycles. The van der Waals surface area contributed by atoms with Crippen molar-refractivity contribution in [3.8, 4) is 0 Å². The molecular weight excluding hydrogens is 384 g/mol. The van der Waals surface area contributed by atoms with Crippen LogP contribution in [0.2, 0.25) is 0 Å². The van der Waals surface area contributed by atoms with Crippen molar-refractivity contribution in [2.75, 3.05) is 6.26 Å². The number of benzene rings is 2. The smallest absolute Gasteiger partial charge is 0.164 e. The molecule has 0 bridgehead atoms. The van der Waals surface area contributed by atoms with Gasteiger partial charge >= 0.3 is 0 Å². The van der Waals surface area contributed by atoms with Crippen molar-refractivity contribution < 1.29 is 8.42 Å². The quantitative estimate of drug-likeness (QED) is 0.505. The van der Waals surface area contributed by atoms with Crippen molar-refractivity contribution in [2.24, 2.45) is 0 Å². The first-order valence-electron chi connectivity index (χ1n) is 9.87. The van der Waals surface area contributed by atoms with E-state index in [4.69, 9.17) is 0 Å². The number of nitrogens with one attached hydrogen (secondary N) is 2. The Labute approximate surface area is 172 Å². The van der Waals surface area contributed by atoms with Crippen molar-refractivity contribution in [1.82, 2.24) is 20.5 Å². The van der Waals surface area contributed by atoms with Gasteiger partial charge in [0.25, 0.3) is 0 Å². The summed E-state index contributed by atoms with van der Waals surface area (Å²) in [6, 6.07) is 21.3. The van der Waals surface area contributed by atoms with Crippen LogP contribution in [0.5, 0.6) is 0 Å². The summed E-state index contributed by atoms with van der Waals surface area (Å²) in [5.41, 5.74) is 2.65. The first kappa shape index (κ1) is 21.2. The molecule has 3 aromatic rings. The third-order valence-corrected chi connectivity index (χ3v) is 5.57. The Morgan fingerprint density at radius 1 is 0.931 bits per heavy atom. The first-order chi connectivity index (χ1) is 14.0. The molecule has 1 heterocycles. The molecule has 0 aliphatic carbocycles. The Morgan fingerprint density at radius 2 is 1.48 bits per heavy atom. The Balaban J connectivity index is 1.57. The second kappa shape index (κ2) is 10.3. The van der Waals surface area contributed by atoms with Gasteiger partial charge in [-0.3, -0.25) is 5.10 Å². The first-order valence-corrected chi connectivity index (χ1v) is 11.9. The van der Waals surface area contributed by atoms with Crippen molar-refractivity contribution in [1.29, 1.82) is 0 Å². The van der Waals surface area contributed by atoms with Crippen LogP contribution in [0.1, 0.15) is 35.6 Å². The van der Waals surface area contributed by atoms with Crippen LogP contribution in [-0.2, 0) is 35.0 Å². The van der Waals surface area contributed by atoms with Gasteiger partial charge in [0.15, 0.2) is 15.7 Å². The van der Waals surface area contributed by atoms with E-state index in [2.05, 4.69) is 69.0 Å². The number of rotatable bonds is 11. The summed E-state index contributed by atoms with van der Waals surface area (Å²) in [5.74, 6) is 0.855. The lowest BCUT2D eigenvalue weighted by Crippen LogP contribution is -2.30. The normalized spacial score (nSPS) is 11.8. The van der Waals surface area contributed by atoms with E-state index in [9.17, 15) is 8.42 Å². The fraction of sp³-hybridized carbons (Fsp3) is 0.364. The summed E-state index contributed by atoms with van der Waals surface area (Å²) >= 11 is 0. The van der Waals surface area contributed by atoms with E-state index in [0.29, 0.717) is 24.2 Å². The lowest BCUT2D eigenvalue weighted by Gasteiger charge is -2.18. The second-order valence-electron chi connectivity index (χ2n) is 7.39. The van der Waals surface area contributed by atoms with Crippen LogP contribution < -0.4 is 5.32 Å². The third kappa shape index (κ3) is 7.79. The van der Waals surface area contributed by atoms with Gasteiger partial charge in [-0.2, -0.15) is 5.10 Å². The predicted octanol–water partition coefficient (Wildman–Crippen LogP) is 3.07. The maximum absolute atomic E-state index is 11.4. The molecule has 29 heavy (non-hydrogen) atoms. The minimum absolute atomic E-state index is 0.120. The highest BCUT2D eigenvalue weighted by molar-refractivity contribution is 7.89. The molecule has 1 aromatic heterocycles. The van der Waals surface area contributed by atoms with Crippen LogP contribution in [0.15, 0.2) is 60.7 Å². The van der Waals surface area contributed by atoms with Crippen LogP contribution >= 0.6 is 0 Å². The minimum atomic E-state index is -3.13. The van der Waals surface area contributed by atoms with Gasteiger partial charge in [0.2, 0.25) is 0 Å². The molecule has 0 spiro atoms. The van der Waals surface area contributed by atoms with E-state index < -0.39 is 9.84 Å². The standard InChI is InChI=1S/C22H28N4O2S/c1-29(27,28)17-22-24-21(25-26-22)16-23-20(14-12-18-8-4-2-5-9-18)15-13-19-10-6-3-7-11-19/h2-11,20,23H,12-17H2,1H3,(H,24,25,26). The number of aromatic nitrogens is 3. The van der Waals surface area contributed by atoms with Crippen LogP contribution in [-0.4, -0.2) is 35.9 Å². The van der Waals surface area contributed by atoms with Crippen LogP contribution in [0.25, 0.3) is 0 Å². The third-order valence-electron chi connectivity index (χ3n) is 4.77. The molecule has 0 unspecified atom stereocenters. The highest BCUT2D eigenvalue weighted by Crippen LogP contribution is 2.12. The zero-order chi connectivity index (χ0) is 20.5. The van der Waals surface area contributed by atoms with Gasteiger partial charge in [0.1, 0.15) is 11.6 Å². The SMILES string of the molecule is CS(=O)(=O)Cc1nc(CNC(CCc2ccccc2)CCc2ccccc2)n[nH]1. The van der Waals surface area contributed by atoms with Crippen LogP contribution in [0, 0.1) is 0 Å². The van der Waals surface area contributed by atoms with Crippen LogP contribution in [0.4, 0.5) is 0 Å². The van der Waals surface area contributed by atoms with Crippen molar-refractivity contribution in [3.63, 3.8) is 0 Å². The molecule has 0 amide bonds. The summed E-state index contributed by atoms with van der Waals surface area (Å²) in [7, 11) is -3.13. The fourth-order valence-corrected chi connectivity index (χ4v) is 3.91. The number of H-pyrrole nitrogens is 1. The lowest BCUT2D eigenvalue weighted by atomic mass is 9.99. The molecule has 0 aliphatic heterocycles. The largest absolute Gasteiger partial charge is 0.307 e. The summed E-state index contributed by atoms with van der Waals surface area (Å²) in [5, 5.41) is 10.4. The van der Waals surface area contributed by atoms with Gasteiger partial charge < -0.3 is 5.32 Å². The monoisotopic (exact) mass is 412 g/mol. The van der Waals surface area contributed by atoms with E-state index >= 15 is 0 Å². The molecule has 0 atom stereocenters. The number of nitrogens with zero attached hydrogens (tertiary/aromatic N) is 2. The molecule has 2 aromatic carbocycles. The highest BCUT2D eigenvalue weighted by Gasteiger charge is 2.13. The Kier molecular flexibility index (Phi) is 7.55. The predicted molar refractivity (Wildman–Crippen MR) is 115 cm³/mol. The number of aryl methyl sites for hydroxylation is 2. The zero-order valence-corrected chi connectivity index (χ0v) is 17.5. The van der Waals surface area contributed by atoms with Gasteiger partial charge in [-0.05, 0) is 36.8 Å². The molecule has 0 radical (unpaired) electrons. The average Bonchev–Trinajstić information content (AvgIpc) is 3.14. The van der Waals surface area contributed by atoms with E-state index in [0.717, 1.165) is 25.7 Å². The maximum atomic E-state index is 11.4. The highest BCUT2D eigenvalue weighted by atomic mass is 32.2. The van der Waals surface area contributed by atoms with Gasteiger partial charge in [0.05, 0.1) is 6.54 Å². The molecule has 154 valence electrons. The van der Waals surface area contributed by atoms with Crippen molar-refractivity contribution in [3.05, 3.63) is 83.4 Å². The fourth-order valence-electron chi connectivity index (χ4n) is 3.28. The van der Waals surface area contributed by atoms with Gasteiger partial charge in [0, 0.05) is 12.3 Å².